The zero-order chi connectivity index (χ0) is 19.5. The van der Waals surface area contributed by atoms with Gasteiger partial charge in [0, 0.05) is 16.0 Å². The van der Waals surface area contributed by atoms with Gasteiger partial charge in [-0.25, -0.2) is 4.98 Å². The lowest BCUT2D eigenvalue weighted by Crippen LogP contribution is -2.05. The van der Waals surface area contributed by atoms with Crippen LogP contribution in [0.4, 0.5) is 13.2 Å². The molecule has 1 aromatic carbocycles. The highest BCUT2D eigenvalue weighted by Crippen LogP contribution is 2.29. The van der Waals surface area contributed by atoms with E-state index < -0.39 is 60.4 Å². The molecule has 0 spiro atoms. The fraction of sp³-hybridized carbons (Fsp3) is 0.182. The van der Waals surface area contributed by atoms with Crippen LogP contribution < -0.4 is 0 Å². The number of benzene rings is 1. The highest BCUT2D eigenvalue weighted by atomic mass is 79.9. The van der Waals surface area contributed by atoms with Crippen molar-refractivity contribution < 1.29 is 24.1 Å². The van der Waals surface area contributed by atoms with Crippen molar-refractivity contribution in [1.29, 1.82) is 0 Å². The Balaban J connectivity index is 2.98. The van der Waals surface area contributed by atoms with Crippen LogP contribution in [-0.4, -0.2) is 9.55 Å². The minimum absolute atomic E-state index is 0.268. The summed E-state index contributed by atoms with van der Waals surface area (Å²) in [6.45, 7) is -2.91. The molecule has 0 amide bonds. The zero-order valence-corrected chi connectivity index (χ0v) is 9.49. The van der Waals surface area contributed by atoms with Crippen molar-refractivity contribution in [2.24, 2.45) is 0 Å². The zero-order valence-electron chi connectivity index (χ0n) is 15.9. The van der Waals surface area contributed by atoms with E-state index in [2.05, 4.69) is 20.9 Å². The van der Waals surface area contributed by atoms with Gasteiger partial charge in [-0.2, -0.15) is 13.2 Å². The van der Waals surface area contributed by atoms with E-state index in [0.717, 1.165) is 0 Å². The molecule has 0 aliphatic heterocycles. The monoisotopic (exact) mass is 312 g/mol. The Morgan fingerprint density at radius 1 is 1.35 bits per heavy atom. The molecule has 1 aromatic heterocycles. The van der Waals surface area contributed by atoms with Crippen LogP contribution in [0.15, 0.2) is 34.9 Å². The van der Waals surface area contributed by atoms with Crippen LogP contribution in [0, 0.1) is 6.85 Å². The van der Waals surface area contributed by atoms with E-state index in [1.54, 1.807) is 0 Å². The second kappa shape index (κ2) is 4.18. The first-order valence-electron chi connectivity index (χ1n) is 8.12. The second-order valence-electron chi connectivity index (χ2n) is 2.89. The lowest BCUT2D eigenvalue weighted by molar-refractivity contribution is -0.137. The predicted octanol–water partition coefficient (Wildman–Crippen LogP) is 3.96. The van der Waals surface area contributed by atoms with Crippen molar-refractivity contribution in [2.45, 2.75) is 13.0 Å². The minimum atomic E-state index is -5.13. The molecule has 0 aliphatic rings. The number of halogens is 4. The highest BCUT2D eigenvalue weighted by Gasteiger charge is 2.30. The van der Waals surface area contributed by atoms with Gasteiger partial charge in [0.1, 0.15) is 10.4 Å². The molecule has 0 saturated heterocycles. The first kappa shape index (κ1) is 5.56. The number of rotatable bonds is 1. The molecule has 17 heavy (non-hydrogen) atoms. The molecule has 0 unspecified atom stereocenters. The molecule has 90 valence electrons. The Hall–Kier alpha value is -1.30. The van der Waals surface area contributed by atoms with Crippen LogP contribution in [0.1, 0.15) is 22.4 Å². The third-order valence-electron chi connectivity index (χ3n) is 1.74. The van der Waals surface area contributed by atoms with Gasteiger partial charge >= 0.3 is 6.18 Å². The molecule has 0 atom stereocenters. The van der Waals surface area contributed by atoms with Gasteiger partial charge in [-0.3, -0.25) is 0 Å². The largest absolute Gasteiger partial charge is 0.416 e. The number of nitrogens with zero attached hydrogens (tertiary/aromatic N) is 2. The molecule has 0 aliphatic carbocycles. The average Bonchev–Trinajstić information content (AvgIpc) is 2.73. The van der Waals surface area contributed by atoms with E-state index >= 15 is 0 Å². The molecular weight excluding hydrogens is 297 g/mol. The van der Waals surface area contributed by atoms with Crippen LogP contribution in [0.25, 0.3) is 5.69 Å². The Morgan fingerprint density at radius 3 is 2.53 bits per heavy atom. The van der Waals surface area contributed by atoms with E-state index in [9.17, 15) is 13.2 Å². The molecule has 0 N–H and O–H groups in total. The van der Waals surface area contributed by atoms with Crippen LogP contribution >= 0.6 is 15.9 Å². The number of aryl methyl sites for hydroxylation is 1. The summed E-state index contributed by atoms with van der Waals surface area (Å²) in [5.74, 6) is -0.773. The summed E-state index contributed by atoms with van der Waals surface area (Å²) in [6.07, 6.45) is -5.77. The van der Waals surface area contributed by atoms with Crippen molar-refractivity contribution in [3.8, 4) is 5.69 Å². The standard InChI is InChI=1S/C11H8BrF3N2/c1-7-16-10(12)6-17(7)9-4-2-8(3-5-9)11(13,14)15/h2-6H,1H3/i1D3,2D,3D,4D,5D,6D. The van der Waals surface area contributed by atoms with Crippen molar-refractivity contribution in [1.82, 2.24) is 9.55 Å². The second-order valence-corrected chi connectivity index (χ2v) is 3.65. The third kappa shape index (κ3) is 2.52. The summed E-state index contributed by atoms with van der Waals surface area (Å²) in [7, 11) is 0. The molecule has 0 fully saturated rings. The quantitative estimate of drug-likeness (QED) is 0.779. The molecule has 6 heteroatoms. The molecule has 2 nitrogen and oxygen atoms in total. The maximum atomic E-state index is 13.0. The number of alkyl halides is 3. The van der Waals surface area contributed by atoms with Crippen molar-refractivity contribution in [3.63, 3.8) is 0 Å². The molecule has 0 bridgehead atoms. The van der Waals surface area contributed by atoms with Crippen molar-refractivity contribution in [2.75, 3.05) is 0 Å². The van der Waals surface area contributed by atoms with Crippen LogP contribution in [0.2, 0.25) is 0 Å². The average molecular weight is 313 g/mol. The van der Waals surface area contributed by atoms with Gasteiger partial charge in [0.15, 0.2) is 0 Å². The smallest absolute Gasteiger partial charge is 0.303 e. The summed E-state index contributed by atoms with van der Waals surface area (Å²) >= 11 is 2.82. The van der Waals surface area contributed by atoms with Crippen LogP contribution in [0.5, 0.6) is 0 Å². The molecule has 0 saturated carbocycles. The van der Waals surface area contributed by atoms with Crippen molar-refractivity contribution >= 4 is 15.9 Å². The highest BCUT2D eigenvalue weighted by molar-refractivity contribution is 9.10. The fourth-order valence-corrected chi connectivity index (χ4v) is 1.38. The Kier molecular flexibility index (Phi) is 1.37. The summed E-state index contributed by atoms with van der Waals surface area (Å²) in [4.78, 5) is 3.59. The minimum Gasteiger partial charge on any atom is -0.303 e. The van der Waals surface area contributed by atoms with E-state index in [1.165, 1.54) is 0 Å². The number of imidazole rings is 1. The maximum absolute atomic E-state index is 13.0. The van der Waals surface area contributed by atoms with Gasteiger partial charge in [0.05, 0.1) is 12.4 Å². The van der Waals surface area contributed by atoms with Crippen LogP contribution in [-0.2, 0) is 6.18 Å². The summed E-state index contributed by atoms with van der Waals surface area (Å²) in [6, 6.07) is -5.03. The lowest BCUT2D eigenvalue weighted by atomic mass is 10.2. The predicted molar refractivity (Wildman–Crippen MR) is 61.0 cm³/mol. The lowest BCUT2D eigenvalue weighted by Gasteiger charge is -2.08. The first-order valence-corrected chi connectivity index (χ1v) is 4.92. The maximum Gasteiger partial charge on any atom is 0.416 e. The Bertz CT molecular complexity index is 830. The van der Waals surface area contributed by atoms with Gasteiger partial charge < -0.3 is 4.57 Å². The SMILES string of the molecule is [2H]c1c([2H])c(C(F)(F)F)c([2H])c([2H])c1-n1c(C([2H])([2H])[2H])nc(Br)c1[2H]. The normalized spacial score (nSPS) is 19.3. The van der Waals surface area contributed by atoms with Crippen LogP contribution in [0.3, 0.4) is 0 Å². The molecule has 2 aromatic rings. The molecule has 2 rings (SSSR count). The van der Waals surface area contributed by atoms with Gasteiger partial charge in [0.25, 0.3) is 0 Å². The van der Waals surface area contributed by atoms with Crippen molar-refractivity contribution in [3.05, 3.63) is 46.3 Å². The topological polar surface area (TPSA) is 17.8 Å². The number of hydrogen-bond donors (Lipinski definition) is 0. The van der Waals surface area contributed by atoms with Gasteiger partial charge in [-0.05, 0) is 47.0 Å². The molecular formula is C11H8BrF3N2. The Morgan fingerprint density at radius 2 is 2.00 bits per heavy atom. The summed E-state index contributed by atoms with van der Waals surface area (Å²) in [5.41, 5.74) is -2.57. The molecule has 0 radical (unpaired) electrons. The fourth-order valence-electron chi connectivity index (χ4n) is 1.03. The van der Waals surface area contributed by atoms with Gasteiger partial charge in [0.2, 0.25) is 0 Å². The van der Waals surface area contributed by atoms with E-state index in [4.69, 9.17) is 11.0 Å². The van der Waals surface area contributed by atoms with E-state index in [0.29, 0.717) is 4.57 Å². The summed E-state index contributed by atoms with van der Waals surface area (Å²) in [5, 5.41) is 0. The summed E-state index contributed by atoms with van der Waals surface area (Å²) < 4.78 is 99.9. The Labute approximate surface area is 115 Å². The van der Waals surface area contributed by atoms with Gasteiger partial charge in [-0.1, -0.05) is 0 Å². The number of aromatic nitrogens is 2. The third-order valence-corrected chi connectivity index (χ3v) is 2.09. The van der Waals surface area contributed by atoms with E-state index in [1.807, 2.05) is 0 Å². The van der Waals surface area contributed by atoms with E-state index in [-0.39, 0.29) is 4.60 Å². The first-order chi connectivity index (χ1) is 11.2. The number of hydrogen-bond acceptors (Lipinski definition) is 1. The molecule has 1 heterocycles. The van der Waals surface area contributed by atoms with Gasteiger partial charge in [-0.15, -0.1) is 0 Å².